The molecule has 0 unspecified atom stereocenters. The van der Waals surface area contributed by atoms with E-state index >= 15 is 0 Å². The summed E-state index contributed by atoms with van der Waals surface area (Å²) in [5, 5.41) is 0. The molecule has 94 valence electrons. The standard InChI is InChI=1S/C11H8F3N3O/c12-11(13,14)8-2-1-7(5-9(8)15)18-10-6-16-3-4-17-10/h1-6H,15H2. The zero-order valence-electron chi connectivity index (χ0n) is 8.98. The third-order valence-electron chi connectivity index (χ3n) is 2.09. The van der Waals surface area contributed by atoms with Gasteiger partial charge in [0.2, 0.25) is 5.88 Å². The highest BCUT2D eigenvalue weighted by Crippen LogP contribution is 2.35. The molecule has 1 aromatic heterocycles. The second kappa shape index (κ2) is 4.52. The number of hydrogen-bond acceptors (Lipinski definition) is 4. The Morgan fingerprint density at radius 1 is 1.17 bits per heavy atom. The minimum absolute atomic E-state index is 0.168. The fourth-order valence-corrected chi connectivity index (χ4v) is 1.32. The maximum absolute atomic E-state index is 12.5. The van der Waals surface area contributed by atoms with Crippen LogP contribution >= 0.6 is 0 Å². The average Bonchev–Trinajstić information content (AvgIpc) is 2.28. The van der Waals surface area contributed by atoms with Crippen LogP contribution in [0.1, 0.15) is 5.56 Å². The largest absolute Gasteiger partial charge is 0.437 e. The number of rotatable bonds is 2. The van der Waals surface area contributed by atoms with Crippen LogP contribution in [-0.4, -0.2) is 9.97 Å². The van der Waals surface area contributed by atoms with Crippen molar-refractivity contribution in [2.75, 3.05) is 5.73 Å². The van der Waals surface area contributed by atoms with Crippen LogP contribution < -0.4 is 10.5 Å². The van der Waals surface area contributed by atoms with Gasteiger partial charge < -0.3 is 10.5 Å². The van der Waals surface area contributed by atoms with Gasteiger partial charge in [-0.2, -0.15) is 13.2 Å². The van der Waals surface area contributed by atoms with E-state index in [0.29, 0.717) is 0 Å². The topological polar surface area (TPSA) is 61.0 Å². The second-order valence-electron chi connectivity index (χ2n) is 3.39. The van der Waals surface area contributed by atoms with Crippen LogP contribution in [-0.2, 0) is 6.18 Å². The summed E-state index contributed by atoms with van der Waals surface area (Å²) in [6, 6.07) is 3.13. The van der Waals surface area contributed by atoms with Gasteiger partial charge in [-0.1, -0.05) is 0 Å². The minimum Gasteiger partial charge on any atom is -0.437 e. The van der Waals surface area contributed by atoms with Crippen molar-refractivity contribution in [3.63, 3.8) is 0 Å². The Labute approximate surface area is 100 Å². The SMILES string of the molecule is Nc1cc(Oc2cnccn2)ccc1C(F)(F)F. The third kappa shape index (κ3) is 2.68. The maximum Gasteiger partial charge on any atom is 0.418 e. The Morgan fingerprint density at radius 3 is 2.50 bits per heavy atom. The lowest BCUT2D eigenvalue weighted by Crippen LogP contribution is -2.08. The summed E-state index contributed by atoms with van der Waals surface area (Å²) in [4.78, 5) is 7.59. The Morgan fingerprint density at radius 2 is 1.94 bits per heavy atom. The average molecular weight is 255 g/mol. The van der Waals surface area contributed by atoms with Gasteiger partial charge in [0.1, 0.15) is 5.75 Å². The van der Waals surface area contributed by atoms with Gasteiger partial charge in [-0.15, -0.1) is 0 Å². The number of aromatic nitrogens is 2. The zero-order valence-corrected chi connectivity index (χ0v) is 8.98. The van der Waals surface area contributed by atoms with Gasteiger partial charge in [0.05, 0.1) is 11.8 Å². The fourth-order valence-electron chi connectivity index (χ4n) is 1.32. The smallest absolute Gasteiger partial charge is 0.418 e. The predicted octanol–water partition coefficient (Wildman–Crippen LogP) is 2.87. The van der Waals surface area contributed by atoms with Gasteiger partial charge in [0.25, 0.3) is 0 Å². The van der Waals surface area contributed by atoms with Gasteiger partial charge in [-0.05, 0) is 12.1 Å². The monoisotopic (exact) mass is 255 g/mol. The maximum atomic E-state index is 12.5. The van der Waals surface area contributed by atoms with E-state index in [0.717, 1.165) is 12.1 Å². The van der Waals surface area contributed by atoms with Crippen molar-refractivity contribution in [1.82, 2.24) is 9.97 Å². The highest BCUT2D eigenvalue weighted by atomic mass is 19.4. The molecule has 0 aliphatic heterocycles. The first-order valence-electron chi connectivity index (χ1n) is 4.87. The number of nitrogens with two attached hydrogens (primary N) is 1. The summed E-state index contributed by atoms with van der Waals surface area (Å²) in [5.41, 5.74) is 4.03. The van der Waals surface area contributed by atoms with Crippen molar-refractivity contribution in [1.29, 1.82) is 0 Å². The summed E-state index contributed by atoms with van der Waals surface area (Å²) < 4.78 is 42.6. The second-order valence-corrected chi connectivity index (χ2v) is 3.39. The molecule has 0 atom stereocenters. The number of halogens is 3. The Bertz CT molecular complexity index is 543. The Hall–Kier alpha value is -2.31. The van der Waals surface area contributed by atoms with Gasteiger partial charge in [-0.3, -0.25) is 4.98 Å². The molecule has 0 bridgehead atoms. The number of hydrogen-bond donors (Lipinski definition) is 1. The lowest BCUT2D eigenvalue weighted by atomic mass is 10.1. The van der Waals surface area contributed by atoms with Crippen molar-refractivity contribution in [3.05, 3.63) is 42.4 Å². The Balaban J connectivity index is 2.25. The van der Waals surface area contributed by atoms with Crippen LogP contribution in [0.3, 0.4) is 0 Å². The molecule has 0 aliphatic rings. The highest BCUT2D eigenvalue weighted by Gasteiger charge is 2.32. The first-order chi connectivity index (χ1) is 8.47. The lowest BCUT2D eigenvalue weighted by Gasteiger charge is -2.11. The molecule has 0 saturated carbocycles. The van der Waals surface area contributed by atoms with Crippen molar-refractivity contribution < 1.29 is 17.9 Å². The van der Waals surface area contributed by atoms with Crippen molar-refractivity contribution in [2.45, 2.75) is 6.18 Å². The first kappa shape index (κ1) is 12.2. The summed E-state index contributed by atoms with van der Waals surface area (Å²) in [7, 11) is 0. The number of nitrogen functional groups attached to an aromatic ring is 1. The van der Waals surface area contributed by atoms with Crippen LogP contribution in [0.2, 0.25) is 0 Å². The van der Waals surface area contributed by atoms with E-state index in [2.05, 4.69) is 9.97 Å². The quantitative estimate of drug-likeness (QED) is 0.838. The molecule has 18 heavy (non-hydrogen) atoms. The number of alkyl halides is 3. The molecule has 0 saturated heterocycles. The van der Waals surface area contributed by atoms with Crippen LogP contribution in [0.5, 0.6) is 11.6 Å². The van der Waals surface area contributed by atoms with Crippen LogP contribution in [0.15, 0.2) is 36.8 Å². The molecule has 0 spiro atoms. The molecular formula is C11H8F3N3O. The summed E-state index contributed by atoms with van der Waals surface area (Å²) in [6.45, 7) is 0. The predicted molar refractivity (Wildman–Crippen MR) is 58.0 cm³/mol. The number of anilines is 1. The van der Waals surface area contributed by atoms with Gasteiger partial charge in [0, 0.05) is 24.1 Å². The molecule has 0 amide bonds. The lowest BCUT2D eigenvalue weighted by molar-refractivity contribution is -0.136. The van der Waals surface area contributed by atoms with E-state index in [1.54, 1.807) is 0 Å². The number of benzene rings is 1. The normalized spacial score (nSPS) is 11.3. The number of ether oxygens (including phenoxy) is 1. The van der Waals surface area contributed by atoms with Crippen molar-refractivity contribution >= 4 is 5.69 Å². The van der Waals surface area contributed by atoms with Crippen molar-refractivity contribution in [3.8, 4) is 11.6 Å². The fraction of sp³-hybridized carbons (Fsp3) is 0.0909. The van der Waals surface area contributed by atoms with E-state index in [9.17, 15) is 13.2 Å². The molecule has 0 fully saturated rings. The molecule has 4 nitrogen and oxygen atoms in total. The molecular weight excluding hydrogens is 247 g/mol. The molecule has 0 aliphatic carbocycles. The van der Waals surface area contributed by atoms with E-state index in [4.69, 9.17) is 10.5 Å². The van der Waals surface area contributed by atoms with Gasteiger partial charge in [0.15, 0.2) is 0 Å². The van der Waals surface area contributed by atoms with E-state index in [1.165, 1.54) is 24.7 Å². The van der Waals surface area contributed by atoms with Crippen LogP contribution in [0, 0.1) is 0 Å². The summed E-state index contributed by atoms with van der Waals surface area (Å²) in [6.07, 6.45) is -0.278. The molecule has 2 rings (SSSR count). The minimum atomic E-state index is -4.48. The van der Waals surface area contributed by atoms with E-state index in [-0.39, 0.29) is 11.6 Å². The first-order valence-corrected chi connectivity index (χ1v) is 4.87. The highest BCUT2D eigenvalue weighted by molar-refractivity contribution is 5.53. The molecule has 2 aromatic rings. The molecule has 7 heteroatoms. The molecule has 2 N–H and O–H groups in total. The van der Waals surface area contributed by atoms with E-state index < -0.39 is 17.4 Å². The van der Waals surface area contributed by atoms with Crippen LogP contribution in [0.4, 0.5) is 18.9 Å². The zero-order chi connectivity index (χ0) is 13.2. The van der Waals surface area contributed by atoms with E-state index in [1.807, 2.05) is 0 Å². The van der Waals surface area contributed by atoms with Crippen LogP contribution in [0.25, 0.3) is 0 Å². The van der Waals surface area contributed by atoms with Gasteiger partial charge >= 0.3 is 6.18 Å². The van der Waals surface area contributed by atoms with Crippen molar-refractivity contribution in [2.24, 2.45) is 0 Å². The third-order valence-corrected chi connectivity index (χ3v) is 2.09. The molecule has 1 heterocycles. The molecule has 1 aromatic carbocycles. The number of nitrogens with zero attached hydrogens (tertiary/aromatic N) is 2. The summed E-state index contributed by atoms with van der Waals surface area (Å²) >= 11 is 0. The van der Waals surface area contributed by atoms with Gasteiger partial charge in [-0.25, -0.2) is 4.98 Å². The summed E-state index contributed by atoms with van der Waals surface area (Å²) in [5.74, 6) is 0.345. The Kier molecular flexibility index (Phi) is 3.05. The molecule has 0 radical (unpaired) electrons.